The Hall–Kier alpha value is -2.37. The van der Waals surface area contributed by atoms with Crippen LogP contribution < -0.4 is 5.32 Å². The Balaban J connectivity index is 1.56. The molecule has 2 heterocycles. The molecule has 0 bridgehead atoms. The number of nitrogens with one attached hydrogen (secondary N) is 1. The van der Waals surface area contributed by atoms with Crippen LogP contribution in [0.1, 0.15) is 24.8 Å². The molecule has 23 heavy (non-hydrogen) atoms. The van der Waals surface area contributed by atoms with Crippen LogP contribution in [0, 0.1) is 0 Å². The van der Waals surface area contributed by atoms with Crippen molar-refractivity contribution in [1.82, 2.24) is 15.1 Å². The van der Waals surface area contributed by atoms with Crippen LogP contribution in [0.2, 0.25) is 0 Å². The fourth-order valence-corrected chi connectivity index (χ4v) is 3.28. The highest BCUT2D eigenvalue weighted by molar-refractivity contribution is 6.04. The van der Waals surface area contributed by atoms with Crippen molar-refractivity contribution < 1.29 is 14.4 Å². The zero-order chi connectivity index (χ0) is 16.2. The Labute approximate surface area is 135 Å². The van der Waals surface area contributed by atoms with Crippen LogP contribution >= 0.6 is 0 Å². The van der Waals surface area contributed by atoms with E-state index in [2.05, 4.69) is 17.4 Å². The zero-order valence-corrected chi connectivity index (χ0v) is 13.0. The van der Waals surface area contributed by atoms with E-state index in [9.17, 15) is 14.4 Å². The molecule has 3 rings (SSSR count). The average molecular weight is 315 g/mol. The fourth-order valence-electron chi connectivity index (χ4n) is 3.28. The molecule has 2 aliphatic rings. The van der Waals surface area contributed by atoms with Crippen LogP contribution in [0.15, 0.2) is 30.3 Å². The molecular formula is C17H21N3O3. The van der Waals surface area contributed by atoms with Crippen LogP contribution in [0.3, 0.4) is 0 Å². The molecule has 6 nitrogen and oxygen atoms in total. The molecule has 0 saturated carbocycles. The SMILES string of the molecule is O=C1CNC(=O)N1CC(=O)N1CCC[C@@H]1CCc1ccccc1. The predicted molar refractivity (Wildman–Crippen MR) is 84.6 cm³/mol. The highest BCUT2D eigenvalue weighted by Gasteiger charge is 2.34. The van der Waals surface area contributed by atoms with Gasteiger partial charge in [0.1, 0.15) is 6.54 Å². The molecule has 0 aliphatic carbocycles. The number of hydrogen-bond donors (Lipinski definition) is 1. The summed E-state index contributed by atoms with van der Waals surface area (Å²) in [6.45, 7) is 0.554. The van der Waals surface area contributed by atoms with E-state index in [1.807, 2.05) is 23.1 Å². The number of urea groups is 1. The first kappa shape index (κ1) is 15.5. The number of aryl methyl sites for hydroxylation is 1. The number of amides is 4. The quantitative estimate of drug-likeness (QED) is 0.829. The number of likely N-dealkylation sites (tertiary alicyclic amines) is 1. The largest absolute Gasteiger partial charge is 0.338 e. The van der Waals surface area contributed by atoms with E-state index in [0.29, 0.717) is 6.54 Å². The third-order valence-corrected chi connectivity index (χ3v) is 4.54. The minimum absolute atomic E-state index is 0.0104. The summed E-state index contributed by atoms with van der Waals surface area (Å²) in [5, 5.41) is 2.44. The summed E-state index contributed by atoms with van der Waals surface area (Å²) >= 11 is 0. The summed E-state index contributed by atoms with van der Waals surface area (Å²) in [7, 11) is 0. The first-order valence-electron chi connectivity index (χ1n) is 8.07. The third kappa shape index (κ3) is 3.52. The molecule has 6 heteroatoms. The van der Waals surface area contributed by atoms with Crippen LogP contribution in [0.25, 0.3) is 0 Å². The summed E-state index contributed by atoms with van der Waals surface area (Å²) in [6, 6.07) is 9.94. The highest BCUT2D eigenvalue weighted by Crippen LogP contribution is 2.22. The van der Waals surface area contributed by atoms with Crippen LogP contribution in [0.4, 0.5) is 4.79 Å². The van der Waals surface area contributed by atoms with Gasteiger partial charge in [0.15, 0.2) is 0 Å². The lowest BCUT2D eigenvalue weighted by molar-refractivity contribution is -0.137. The molecule has 4 amide bonds. The van der Waals surface area contributed by atoms with Gasteiger partial charge in [-0.2, -0.15) is 0 Å². The molecule has 0 radical (unpaired) electrons. The molecule has 0 unspecified atom stereocenters. The maximum absolute atomic E-state index is 12.5. The van der Waals surface area contributed by atoms with E-state index >= 15 is 0 Å². The summed E-state index contributed by atoms with van der Waals surface area (Å²) in [6.07, 6.45) is 3.80. The third-order valence-electron chi connectivity index (χ3n) is 4.54. The molecule has 2 fully saturated rings. The van der Waals surface area contributed by atoms with Gasteiger partial charge >= 0.3 is 6.03 Å². The van der Waals surface area contributed by atoms with Crippen molar-refractivity contribution in [2.45, 2.75) is 31.7 Å². The first-order chi connectivity index (χ1) is 11.1. The van der Waals surface area contributed by atoms with Gasteiger partial charge in [-0.1, -0.05) is 30.3 Å². The molecule has 0 spiro atoms. The minimum Gasteiger partial charge on any atom is -0.338 e. The van der Waals surface area contributed by atoms with Crippen molar-refractivity contribution in [3.63, 3.8) is 0 Å². The predicted octanol–water partition coefficient (Wildman–Crippen LogP) is 1.16. The van der Waals surface area contributed by atoms with Gasteiger partial charge in [0.2, 0.25) is 5.91 Å². The van der Waals surface area contributed by atoms with E-state index in [0.717, 1.165) is 30.6 Å². The Morgan fingerprint density at radius 3 is 2.70 bits per heavy atom. The van der Waals surface area contributed by atoms with E-state index in [1.165, 1.54) is 5.56 Å². The van der Waals surface area contributed by atoms with Gasteiger partial charge in [0.05, 0.1) is 6.54 Å². The van der Waals surface area contributed by atoms with Gasteiger partial charge in [0, 0.05) is 12.6 Å². The van der Waals surface area contributed by atoms with E-state index < -0.39 is 6.03 Å². The standard InChI is InChI=1S/C17H21N3O3/c21-15-11-18-17(23)20(15)12-16(22)19-10-4-7-14(19)9-8-13-5-2-1-3-6-13/h1-3,5-6,14H,4,7-12H2,(H,18,23)/t14-/m1/s1. The molecule has 2 saturated heterocycles. The molecule has 1 aromatic rings. The average Bonchev–Trinajstić information content (AvgIpc) is 3.15. The second kappa shape index (κ2) is 6.81. The van der Waals surface area contributed by atoms with Gasteiger partial charge in [-0.25, -0.2) is 4.79 Å². The summed E-state index contributed by atoms with van der Waals surface area (Å²) in [5.41, 5.74) is 1.26. The van der Waals surface area contributed by atoms with Crippen LogP contribution in [-0.2, 0) is 16.0 Å². The lowest BCUT2D eigenvalue weighted by Crippen LogP contribution is -2.45. The van der Waals surface area contributed by atoms with Gasteiger partial charge in [-0.05, 0) is 31.2 Å². The lowest BCUT2D eigenvalue weighted by Gasteiger charge is -2.26. The zero-order valence-electron chi connectivity index (χ0n) is 13.0. The topological polar surface area (TPSA) is 69.7 Å². The van der Waals surface area contributed by atoms with Crippen molar-refractivity contribution in [3.8, 4) is 0 Å². The molecule has 1 atom stereocenters. The number of carbonyl (C=O) groups is 3. The van der Waals surface area contributed by atoms with Gasteiger partial charge in [-0.3, -0.25) is 14.5 Å². The van der Waals surface area contributed by atoms with Crippen LogP contribution in [-0.4, -0.2) is 53.3 Å². The normalized spacial score (nSPS) is 21.0. The van der Waals surface area contributed by atoms with Gasteiger partial charge in [-0.15, -0.1) is 0 Å². The number of nitrogens with zero attached hydrogens (tertiary/aromatic N) is 2. The Bertz CT molecular complexity index is 586. The summed E-state index contributed by atoms with van der Waals surface area (Å²) in [4.78, 5) is 38.5. The monoisotopic (exact) mass is 315 g/mol. The maximum Gasteiger partial charge on any atom is 0.325 e. The first-order valence-corrected chi connectivity index (χ1v) is 8.07. The van der Waals surface area contributed by atoms with Crippen molar-refractivity contribution in [2.24, 2.45) is 0 Å². The fraction of sp³-hybridized carbons (Fsp3) is 0.471. The molecule has 122 valence electrons. The molecule has 2 aliphatic heterocycles. The van der Waals surface area contributed by atoms with Crippen LogP contribution in [0.5, 0.6) is 0 Å². The number of benzene rings is 1. The number of carbonyl (C=O) groups excluding carboxylic acids is 3. The number of hydrogen-bond acceptors (Lipinski definition) is 3. The molecule has 1 aromatic carbocycles. The number of rotatable bonds is 5. The summed E-state index contributed by atoms with van der Waals surface area (Å²) in [5.74, 6) is -0.464. The maximum atomic E-state index is 12.5. The van der Waals surface area contributed by atoms with E-state index in [4.69, 9.17) is 0 Å². The second-order valence-electron chi connectivity index (χ2n) is 6.05. The van der Waals surface area contributed by atoms with E-state index in [-0.39, 0.29) is 30.9 Å². The van der Waals surface area contributed by atoms with Crippen molar-refractivity contribution in [1.29, 1.82) is 0 Å². The molecular weight excluding hydrogens is 294 g/mol. The molecule has 1 N–H and O–H groups in total. The lowest BCUT2D eigenvalue weighted by atomic mass is 10.0. The van der Waals surface area contributed by atoms with Crippen molar-refractivity contribution in [2.75, 3.05) is 19.6 Å². The Morgan fingerprint density at radius 1 is 1.22 bits per heavy atom. The summed E-state index contributed by atoms with van der Waals surface area (Å²) < 4.78 is 0. The Kier molecular flexibility index (Phi) is 4.60. The van der Waals surface area contributed by atoms with Crippen molar-refractivity contribution in [3.05, 3.63) is 35.9 Å². The number of imide groups is 1. The Morgan fingerprint density at radius 2 is 2.00 bits per heavy atom. The van der Waals surface area contributed by atoms with E-state index in [1.54, 1.807) is 0 Å². The van der Waals surface area contributed by atoms with Crippen molar-refractivity contribution >= 4 is 17.8 Å². The van der Waals surface area contributed by atoms with Gasteiger partial charge < -0.3 is 10.2 Å². The smallest absolute Gasteiger partial charge is 0.325 e. The highest BCUT2D eigenvalue weighted by atomic mass is 16.2. The molecule has 0 aromatic heterocycles. The minimum atomic E-state index is -0.469. The second-order valence-corrected chi connectivity index (χ2v) is 6.05. The van der Waals surface area contributed by atoms with Gasteiger partial charge in [0.25, 0.3) is 5.91 Å².